The van der Waals surface area contributed by atoms with Crippen LogP contribution in [0.3, 0.4) is 0 Å². The number of anilines is 1. The molecule has 106 valence electrons. The highest BCUT2D eigenvalue weighted by atomic mass is 16.4. The third kappa shape index (κ3) is 2.40. The van der Waals surface area contributed by atoms with Gasteiger partial charge in [-0.25, -0.2) is 0 Å². The van der Waals surface area contributed by atoms with Gasteiger partial charge >= 0.3 is 0 Å². The molecule has 2 heterocycles. The lowest BCUT2D eigenvalue weighted by atomic mass is 10.0. The monoisotopic (exact) mass is 271 g/mol. The van der Waals surface area contributed by atoms with Crippen molar-refractivity contribution in [2.75, 3.05) is 18.0 Å². The fraction of sp³-hybridized carbons (Fsp3) is 0.562. The molecule has 4 heteroatoms. The number of nitrogens with one attached hydrogen (secondary N) is 1. The average molecular weight is 271 g/mol. The molecule has 1 N–H and O–H groups in total. The van der Waals surface area contributed by atoms with Crippen LogP contribution in [-0.4, -0.2) is 30.2 Å². The van der Waals surface area contributed by atoms with Crippen LogP contribution in [0.25, 0.3) is 11.1 Å². The van der Waals surface area contributed by atoms with E-state index in [-0.39, 0.29) is 0 Å². The summed E-state index contributed by atoms with van der Waals surface area (Å²) in [5.74, 6) is 0. The Bertz CT molecular complexity index is 551. The Balaban J connectivity index is 1.58. The lowest BCUT2D eigenvalue weighted by Crippen LogP contribution is -2.44. The molecule has 0 spiro atoms. The Morgan fingerprint density at radius 2 is 2.10 bits per heavy atom. The number of hydrogen-bond acceptors (Lipinski definition) is 4. The van der Waals surface area contributed by atoms with Crippen molar-refractivity contribution < 1.29 is 4.42 Å². The maximum Gasteiger partial charge on any atom is 0.298 e. The van der Waals surface area contributed by atoms with Crippen LogP contribution in [0.15, 0.2) is 28.7 Å². The van der Waals surface area contributed by atoms with E-state index in [4.69, 9.17) is 4.42 Å². The molecule has 1 saturated carbocycles. The molecule has 1 aromatic carbocycles. The zero-order chi connectivity index (χ0) is 13.4. The topological polar surface area (TPSA) is 41.3 Å². The number of benzene rings is 1. The fourth-order valence-corrected chi connectivity index (χ4v) is 3.07. The molecule has 2 aromatic rings. The standard InChI is InChI=1S/C16H21N3O/c1-2-7-15-14(6-1)18-16(20-15)19(13-8-9-13)11-12-5-3-4-10-17-12/h1-2,6-7,12-13,17H,3-5,8-11H2. The summed E-state index contributed by atoms with van der Waals surface area (Å²) in [5, 5.41) is 3.62. The van der Waals surface area contributed by atoms with Crippen LogP contribution in [0.5, 0.6) is 0 Å². The smallest absolute Gasteiger partial charge is 0.298 e. The van der Waals surface area contributed by atoms with E-state index in [1.165, 1.54) is 32.1 Å². The first-order valence-corrected chi connectivity index (χ1v) is 7.76. The van der Waals surface area contributed by atoms with Gasteiger partial charge < -0.3 is 14.6 Å². The van der Waals surface area contributed by atoms with Crippen LogP contribution in [0, 0.1) is 0 Å². The molecule has 0 bridgehead atoms. The molecule has 1 atom stereocenters. The van der Waals surface area contributed by atoms with Gasteiger partial charge in [-0.05, 0) is 44.4 Å². The van der Waals surface area contributed by atoms with E-state index in [2.05, 4.69) is 15.2 Å². The molecule has 0 radical (unpaired) electrons. The molecule has 1 aromatic heterocycles. The second-order valence-electron chi connectivity index (χ2n) is 5.99. The van der Waals surface area contributed by atoms with E-state index in [1.54, 1.807) is 0 Å². The van der Waals surface area contributed by atoms with Gasteiger partial charge in [0.15, 0.2) is 5.58 Å². The number of hydrogen-bond donors (Lipinski definition) is 1. The molecule has 4 nitrogen and oxygen atoms in total. The number of rotatable bonds is 4. The predicted molar refractivity (Wildman–Crippen MR) is 80.0 cm³/mol. The molecular weight excluding hydrogens is 250 g/mol. The van der Waals surface area contributed by atoms with Crippen LogP contribution >= 0.6 is 0 Å². The minimum Gasteiger partial charge on any atom is -0.423 e. The van der Waals surface area contributed by atoms with Crippen LogP contribution < -0.4 is 10.2 Å². The van der Waals surface area contributed by atoms with Crippen LogP contribution in [-0.2, 0) is 0 Å². The largest absolute Gasteiger partial charge is 0.423 e. The van der Waals surface area contributed by atoms with Crippen molar-refractivity contribution in [1.82, 2.24) is 10.3 Å². The molecule has 4 rings (SSSR count). The highest BCUT2D eigenvalue weighted by Crippen LogP contribution is 2.33. The van der Waals surface area contributed by atoms with E-state index in [1.807, 2.05) is 24.3 Å². The fourth-order valence-electron chi connectivity index (χ4n) is 3.07. The Kier molecular flexibility index (Phi) is 3.11. The predicted octanol–water partition coefficient (Wildman–Crippen LogP) is 2.94. The lowest BCUT2D eigenvalue weighted by molar-refractivity contribution is 0.391. The second kappa shape index (κ2) is 5.09. The van der Waals surface area contributed by atoms with Crippen molar-refractivity contribution >= 4 is 17.1 Å². The maximum absolute atomic E-state index is 5.96. The maximum atomic E-state index is 5.96. The first kappa shape index (κ1) is 12.2. The minimum absolute atomic E-state index is 0.583. The van der Waals surface area contributed by atoms with Gasteiger partial charge in [0.25, 0.3) is 6.01 Å². The molecule has 0 amide bonds. The number of aromatic nitrogens is 1. The van der Waals surface area contributed by atoms with Crippen LogP contribution in [0.1, 0.15) is 32.1 Å². The second-order valence-corrected chi connectivity index (χ2v) is 5.99. The van der Waals surface area contributed by atoms with E-state index >= 15 is 0 Å². The SMILES string of the molecule is c1ccc2oc(N(CC3CCCCN3)C3CC3)nc2c1. The summed E-state index contributed by atoms with van der Waals surface area (Å²) < 4.78 is 5.96. The summed E-state index contributed by atoms with van der Waals surface area (Å²) in [6, 6.07) is 10.1. The zero-order valence-electron chi connectivity index (χ0n) is 11.7. The Hall–Kier alpha value is -1.55. The van der Waals surface area contributed by atoms with Crippen molar-refractivity contribution in [2.24, 2.45) is 0 Å². The van der Waals surface area contributed by atoms with Gasteiger partial charge in [-0.3, -0.25) is 0 Å². The third-order valence-corrected chi connectivity index (χ3v) is 4.35. The summed E-state index contributed by atoms with van der Waals surface area (Å²) in [5.41, 5.74) is 1.86. The Morgan fingerprint density at radius 3 is 2.85 bits per heavy atom. The Morgan fingerprint density at radius 1 is 1.20 bits per heavy atom. The average Bonchev–Trinajstić information content (AvgIpc) is 3.24. The number of fused-ring (bicyclic) bond motifs is 1. The highest BCUT2D eigenvalue weighted by Gasteiger charge is 2.33. The van der Waals surface area contributed by atoms with Crippen molar-refractivity contribution in [3.8, 4) is 0 Å². The molecule has 20 heavy (non-hydrogen) atoms. The minimum atomic E-state index is 0.583. The van der Waals surface area contributed by atoms with Gasteiger partial charge in [-0.2, -0.15) is 4.98 Å². The first-order chi connectivity index (χ1) is 9.90. The Labute approximate surface area is 119 Å². The van der Waals surface area contributed by atoms with Gasteiger partial charge in [-0.1, -0.05) is 18.6 Å². The van der Waals surface area contributed by atoms with Crippen molar-refractivity contribution in [3.63, 3.8) is 0 Å². The summed E-state index contributed by atoms with van der Waals surface area (Å²) in [6.07, 6.45) is 6.45. The van der Waals surface area contributed by atoms with Crippen molar-refractivity contribution in [3.05, 3.63) is 24.3 Å². The van der Waals surface area contributed by atoms with E-state index < -0.39 is 0 Å². The van der Waals surface area contributed by atoms with E-state index in [0.717, 1.165) is 30.2 Å². The molecular formula is C16H21N3O. The van der Waals surface area contributed by atoms with Gasteiger partial charge in [0.2, 0.25) is 0 Å². The number of oxazole rings is 1. The first-order valence-electron chi connectivity index (χ1n) is 7.76. The quantitative estimate of drug-likeness (QED) is 0.928. The van der Waals surface area contributed by atoms with Crippen molar-refractivity contribution in [2.45, 2.75) is 44.2 Å². The third-order valence-electron chi connectivity index (χ3n) is 4.35. The van der Waals surface area contributed by atoms with Crippen LogP contribution in [0.2, 0.25) is 0 Å². The molecule has 1 unspecified atom stereocenters. The molecule has 1 aliphatic carbocycles. The molecule has 1 saturated heterocycles. The molecule has 2 fully saturated rings. The molecule has 2 aliphatic rings. The number of nitrogens with zero attached hydrogens (tertiary/aromatic N) is 2. The number of para-hydroxylation sites is 2. The van der Waals surface area contributed by atoms with Crippen molar-refractivity contribution in [1.29, 1.82) is 0 Å². The van der Waals surface area contributed by atoms with E-state index in [9.17, 15) is 0 Å². The van der Waals surface area contributed by atoms with E-state index in [0.29, 0.717) is 12.1 Å². The van der Waals surface area contributed by atoms with Gasteiger partial charge in [0.1, 0.15) is 5.52 Å². The number of piperidine rings is 1. The summed E-state index contributed by atoms with van der Waals surface area (Å²) in [6.45, 7) is 2.17. The van der Waals surface area contributed by atoms with Gasteiger partial charge in [0, 0.05) is 18.6 Å². The summed E-state index contributed by atoms with van der Waals surface area (Å²) in [4.78, 5) is 7.05. The lowest BCUT2D eigenvalue weighted by Gasteiger charge is -2.29. The normalized spacial score (nSPS) is 23.1. The highest BCUT2D eigenvalue weighted by molar-refractivity contribution is 5.74. The van der Waals surface area contributed by atoms with Gasteiger partial charge in [-0.15, -0.1) is 0 Å². The molecule has 1 aliphatic heterocycles. The van der Waals surface area contributed by atoms with Crippen LogP contribution in [0.4, 0.5) is 6.01 Å². The summed E-state index contributed by atoms with van der Waals surface area (Å²) in [7, 11) is 0. The zero-order valence-corrected chi connectivity index (χ0v) is 11.7. The van der Waals surface area contributed by atoms with Gasteiger partial charge in [0.05, 0.1) is 0 Å². The summed E-state index contributed by atoms with van der Waals surface area (Å²) >= 11 is 0.